The van der Waals surface area contributed by atoms with Gasteiger partial charge in [0, 0.05) is 4.88 Å². The number of nitrogens with zero attached hydrogens (tertiary/aromatic N) is 1. The Kier molecular flexibility index (Phi) is 5.15. The Morgan fingerprint density at radius 2 is 1.95 bits per heavy atom. The van der Waals surface area contributed by atoms with Gasteiger partial charge in [0.2, 0.25) is 0 Å². The van der Waals surface area contributed by atoms with Crippen LogP contribution in [0.4, 0.5) is 9.93 Å². The van der Waals surface area contributed by atoms with Crippen molar-refractivity contribution < 1.29 is 9.53 Å². The number of amides is 1. The van der Waals surface area contributed by atoms with E-state index in [1.807, 2.05) is 27.7 Å². The zero-order valence-electron chi connectivity index (χ0n) is 13.2. The number of hydrogen-bond donors (Lipinski definition) is 2. The SMILES string of the molecule is Cc1nc(NC(=O)OC(C)(C)C)sc1CC(C)(C)CN. The number of ether oxygens (including phenoxy) is 1. The van der Waals surface area contributed by atoms with Crippen molar-refractivity contribution in [3.05, 3.63) is 10.6 Å². The van der Waals surface area contributed by atoms with E-state index in [2.05, 4.69) is 24.1 Å². The van der Waals surface area contributed by atoms with Gasteiger partial charge in [-0.25, -0.2) is 9.78 Å². The third-order valence-electron chi connectivity index (χ3n) is 2.69. The Hall–Kier alpha value is -1.14. The molecule has 1 amide bonds. The van der Waals surface area contributed by atoms with E-state index in [1.54, 1.807) is 0 Å². The highest BCUT2D eigenvalue weighted by atomic mass is 32.1. The number of nitrogens with one attached hydrogen (secondary N) is 1. The molecule has 0 saturated carbocycles. The van der Waals surface area contributed by atoms with Crippen molar-refractivity contribution in [2.24, 2.45) is 11.1 Å². The maximum Gasteiger partial charge on any atom is 0.413 e. The van der Waals surface area contributed by atoms with E-state index in [4.69, 9.17) is 10.5 Å². The zero-order chi connectivity index (χ0) is 15.6. The maximum atomic E-state index is 11.7. The Morgan fingerprint density at radius 3 is 2.45 bits per heavy atom. The molecule has 0 aliphatic carbocycles. The molecule has 114 valence electrons. The summed E-state index contributed by atoms with van der Waals surface area (Å²) < 4.78 is 5.21. The van der Waals surface area contributed by atoms with Gasteiger partial charge >= 0.3 is 6.09 Å². The Morgan fingerprint density at radius 1 is 1.35 bits per heavy atom. The van der Waals surface area contributed by atoms with Gasteiger partial charge in [-0.1, -0.05) is 13.8 Å². The number of carbonyl (C=O) groups excluding carboxylic acids is 1. The van der Waals surface area contributed by atoms with Crippen LogP contribution in [-0.4, -0.2) is 23.2 Å². The van der Waals surface area contributed by atoms with Crippen LogP contribution < -0.4 is 11.1 Å². The first-order valence-corrected chi connectivity index (χ1v) is 7.50. The van der Waals surface area contributed by atoms with Crippen molar-refractivity contribution in [3.8, 4) is 0 Å². The lowest BCUT2D eigenvalue weighted by Crippen LogP contribution is -2.27. The number of nitrogens with two attached hydrogens (primary N) is 1. The van der Waals surface area contributed by atoms with Gasteiger partial charge in [-0.05, 0) is 46.1 Å². The molecule has 1 aromatic heterocycles. The standard InChI is InChI=1S/C14H25N3O2S/c1-9-10(7-14(5,6)8-15)20-11(16-9)17-12(18)19-13(2,3)4/h7-8,15H2,1-6H3,(H,16,17,18). The van der Waals surface area contributed by atoms with Crippen molar-refractivity contribution in [2.75, 3.05) is 11.9 Å². The molecule has 0 bridgehead atoms. The van der Waals surface area contributed by atoms with E-state index in [1.165, 1.54) is 11.3 Å². The number of thiazole rings is 1. The minimum Gasteiger partial charge on any atom is -0.444 e. The third-order valence-corrected chi connectivity index (χ3v) is 3.77. The normalized spacial score (nSPS) is 12.3. The molecule has 0 aliphatic rings. The van der Waals surface area contributed by atoms with Crippen LogP contribution in [0, 0.1) is 12.3 Å². The Bertz CT molecular complexity index is 475. The van der Waals surface area contributed by atoms with Crippen LogP contribution in [0.2, 0.25) is 0 Å². The highest BCUT2D eigenvalue weighted by Crippen LogP contribution is 2.29. The molecule has 1 rings (SSSR count). The lowest BCUT2D eigenvalue weighted by atomic mass is 9.88. The van der Waals surface area contributed by atoms with E-state index in [0.29, 0.717) is 11.7 Å². The predicted octanol–water partition coefficient (Wildman–Crippen LogP) is 3.33. The van der Waals surface area contributed by atoms with Gasteiger partial charge in [-0.2, -0.15) is 0 Å². The molecule has 0 saturated heterocycles. The van der Waals surface area contributed by atoms with Crippen molar-refractivity contribution >= 4 is 22.6 Å². The first-order valence-electron chi connectivity index (χ1n) is 6.69. The molecule has 0 aromatic carbocycles. The van der Waals surface area contributed by atoms with Gasteiger partial charge in [0.25, 0.3) is 0 Å². The summed E-state index contributed by atoms with van der Waals surface area (Å²) in [5.74, 6) is 0. The molecule has 0 aliphatic heterocycles. The monoisotopic (exact) mass is 299 g/mol. The average Bonchev–Trinajstić information content (AvgIpc) is 2.55. The van der Waals surface area contributed by atoms with E-state index in [-0.39, 0.29) is 5.41 Å². The van der Waals surface area contributed by atoms with Crippen molar-refractivity contribution in [2.45, 2.75) is 53.6 Å². The van der Waals surface area contributed by atoms with Gasteiger partial charge in [0.05, 0.1) is 5.69 Å². The molecule has 3 N–H and O–H groups in total. The topological polar surface area (TPSA) is 77.2 Å². The average molecular weight is 299 g/mol. The molecule has 0 spiro atoms. The lowest BCUT2D eigenvalue weighted by molar-refractivity contribution is 0.0636. The number of aromatic nitrogens is 1. The van der Waals surface area contributed by atoms with E-state index < -0.39 is 11.7 Å². The Labute approximate surface area is 124 Å². The fourth-order valence-electron chi connectivity index (χ4n) is 1.54. The maximum absolute atomic E-state index is 11.7. The van der Waals surface area contributed by atoms with Gasteiger partial charge in [-0.15, -0.1) is 11.3 Å². The second-order valence-electron chi connectivity index (χ2n) is 6.70. The summed E-state index contributed by atoms with van der Waals surface area (Å²) in [4.78, 5) is 17.2. The largest absolute Gasteiger partial charge is 0.444 e. The highest BCUT2D eigenvalue weighted by molar-refractivity contribution is 7.15. The van der Waals surface area contributed by atoms with Crippen LogP contribution in [-0.2, 0) is 11.2 Å². The van der Waals surface area contributed by atoms with Crippen LogP contribution in [0.1, 0.15) is 45.2 Å². The minimum absolute atomic E-state index is 0.0283. The number of carbonyl (C=O) groups is 1. The molecular formula is C14H25N3O2S. The van der Waals surface area contributed by atoms with Gasteiger partial charge in [0.15, 0.2) is 5.13 Å². The lowest BCUT2D eigenvalue weighted by Gasteiger charge is -2.21. The minimum atomic E-state index is -0.513. The number of hydrogen-bond acceptors (Lipinski definition) is 5. The molecule has 6 heteroatoms. The van der Waals surface area contributed by atoms with Crippen LogP contribution >= 0.6 is 11.3 Å². The Balaban J connectivity index is 2.73. The third kappa shape index (κ3) is 5.46. The van der Waals surface area contributed by atoms with E-state index >= 15 is 0 Å². The molecule has 1 heterocycles. The first-order chi connectivity index (χ1) is 9.02. The van der Waals surface area contributed by atoms with Crippen LogP contribution in [0.25, 0.3) is 0 Å². The summed E-state index contributed by atoms with van der Waals surface area (Å²) in [6, 6.07) is 0. The molecular weight excluding hydrogens is 274 g/mol. The van der Waals surface area contributed by atoms with E-state index in [0.717, 1.165) is 17.0 Å². The molecule has 1 aromatic rings. The van der Waals surface area contributed by atoms with Crippen molar-refractivity contribution in [3.63, 3.8) is 0 Å². The van der Waals surface area contributed by atoms with Crippen molar-refractivity contribution in [1.82, 2.24) is 4.98 Å². The smallest absolute Gasteiger partial charge is 0.413 e. The molecule has 0 atom stereocenters. The fourth-order valence-corrected chi connectivity index (χ4v) is 2.75. The summed E-state index contributed by atoms with van der Waals surface area (Å²) in [7, 11) is 0. The second-order valence-corrected chi connectivity index (χ2v) is 7.78. The van der Waals surface area contributed by atoms with Crippen molar-refractivity contribution in [1.29, 1.82) is 0 Å². The molecule has 5 nitrogen and oxygen atoms in total. The molecule has 0 fully saturated rings. The molecule has 20 heavy (non-hydrogen) atoms. The van der Waals surface area contributed by atoms with Crippen LogP contribution in [0.15, 0.2) is 0 Å². The summed E-state index contributed by atoms with van der Waals surface area (Å²) in [6.45, 7) is 12.3. The number of rotatable bonds is 4. The van der Waals surface area contributed by atoms with E-state index in [9.17, 15) is 4.79 Å². The van der Waals surface area contributed by atoms with Crippen LogP contribution in [0.5, 0.6) is 0 Å². The first kappa shape index (κ1) is 16.9. The van der Waals surface area contributed by atoms with Gasteiger partial charge < -0.3 is 10.5 Å². The summed E-state index contributed by atoms with van der Waals surface area (Å²) in [6.07, 6.45) is 0.374. The molecule has 0 radical (unpaired) electrons. The van der Waals surface area contributed by atoms with Gasteiger partial charge in [-0.3, -0.25) is 5.32 Å². The summed E-state index contributed by atoms with van der Waals surface area (Å²) in [5.41, 5.74) is 6.20. The fraction of sp³-hybridized carbons (Fsp3) is 0.714. The van der Waals surface area contributed by atoms with Gasteiger partial charge in [0.1, 0.15) is 5.60 Å². The number of anilines is 1. The second kappa shape index (κ2) is 6.10. The zero-order valence-corrected chi connectivity index (χ0v) is 14.0. The summed E-state index contributed by atoms with van der Waals surface area (Å²) >= 11 is 1.48. The quantitative estimate of drug-likeness (QED) is 0.894. The van der Waals surface area contributed by atoms with Crippen LogP contribution in [0.3, 0.4) is 0 Å². The highest BCUT2D eigenvalue weighted by Gasteiger charge is 2.21. The predicted molar refractivity (Wildman–Crippen MR) is 83.2 cm³/mol. The summed E-state index contributed by atoms with van der Waals surface area (Å²) in [5, 5.41) is 3.25. The number of aryl methyl sites for hydroxylation is 1. The molecule has 0 unspecified atom stereocenters.